The van der Waals surface area contributed by atoms with Gasteiger partial charge in [0.15, 0.2) is 44.0 Å². The number of thiol groups is 1. The number of nitrogens with one attached hydrogen (secondary N) is 3. The van der Waals surface area contributed by atoms with Gasteiger partial charge in [0.05, 0.1) is 83.6 Å². The average molecular weight is 1640 g/mol. The molecule has 21 aliphatic rings. The number of carbonyl (C=O) groups excluding carboxylic acids is 4. The molecule has 2 amide bonds. The van der Waals surface area contributed by atoms with Crippen LogP contribution in [0.2, 0.25) is 0 Å². The van der Waals surface area contributed by atoms with E-state index in [4.69, 9.17) is 81.5 Å². The predicted octanol–water partition coefficient (Wildman–Crippen LogP) is -14.1. The SMILES string of the molecule is CN[C@H](CSCC1O[C@H]2O[C@@H]3C(CO)O[C@H](O[C@@H]4C(CO)O[C@H](O[C@@H]5C(CO)O[C@@H](O[C@@H]6C(CSC[C@@H](CC(=O)CCOCCOCCC(C)=O)C(=O)NCCS)O[C@H](O[C@@H]7C(CO)O[C@@H](O[C@@H]8C(CO)O[C@@H](O[C@H]1[C@H](O)C2O)C(O)[C@H]8O)C(O)[C@H]7O)C(O)[C@H]6O)C(O)[C@H]5O)C(O)[C@H]4O)C(O)[C@H]3O)C(=O)NCCN. The van der Waals surface area contributed by atoms with Crippen molar-refractivity contribution < 1.29 is 192 Å². The van der Waals surface area contributed by atoms with Gasteiger partial charge in [0.2, 0.25) is 11.8 Å². The van der Waals surface area contributed by atoms with Crippen LogP contribution in [0.25, 0.3) is 0 Å². The molecule has 21 fully saturated rings. The molecule has 21 heterocycles. The largest absolute Gasteiger partial charge is 0.394 e. The maximum atomic E-state index is 13.7. The van der Waals surface area contributed by atoms with Crippen molar-refractivity contribution in [2.45, 2.75) is 247 Å². The van der Waals surface area contributed by atoms with Crippen molar-refractivity contribution in [3.63, 3.8) is 0 Å². The summed E-state index contributed by atoms with van der Waals surface area (Å²) < 4.78 is 94.5. The van der Waals surface area contributed by atoms with Crippen LogP contribution in [0.1, 0.15) is 26.2 Å². The zero-order valence-electron chi connectivity index (χ0n) is 59.5. The maximum absolute atomic E-state index is 13.7. The van der Waals surface area contributed by atoms with Crippen LogP contribution < -0.4 is 21.7 Å². The van der Waals surface area contributed by atoms with E-state index in [2.05, 4.69) is 28.6 Å². The first kappa shape index (κ1) is 92.4. The van der Waals surface area contributed by atoms with Gasteiger partial charge in [0, 0.05) is 67.7 Å². The summed E-state index contributed by atoms with van der Waals surface area (Å²) in [4.78, 5) is 51.3. The number of likely N-dealkylation sites (N-methyl/N-ethyl adjacent to an activating group) is 1. The smallest absolute Gasteiger partial charge is 0.238 e. The molecule has 14 bridgehead atoms. The molecule has 24 N–H and O–H groups in total. The van der Waals surface area contributed by atoms with Crippen LogP contribution >= 0.6 is 36.2 Å². The van der Waals surface area contributed by atoms with Gasteiger partial charge in [-0.3, -0.25) is 19.2 Å². The summed E-state index contributed by atoms with van der Waals surface area (Å²) in [6.07, 6.45) is -72.1. The zero-order valence-corrected chi connectivity index (χ0v) is 62.0. The molecule has 0 aromatic rings. The summed E-state index contributed by atoms with van der Waals surface area (Å²) in [5.41, 5.74) is 5.58. The number of aliphatic hydroxyl groups is 19. The van der Waals surface area contributed by atoms with Crippen molar-refractivity contribution in [1.82, 2.24) is 16.0 Å². The molecular weight excluding hydrogens is 1530 g/mol. The molecule has 21 aliphatic heterocycles. The van der Waals surface area contributed by atoms with E-state index in [1.807, 2.05) is 0 Å². The Balaban J connectivity index is 1.09. The fourth-order valence-corrected chi connectivity index (χ4v) is 15.8. The van der Waals surface area contributed by atoms with Crippen molar-refractivity contribution in [3.05, 3.63) is 0 Å². The molecule has 14 unspecified atom stereocenters. The highest BCUT2D eigenvalue weighted by molar-refractivity contribution is 7.99. The first-order valence-corrected chi connectivity index (χ1v) is 38.6. The number of ketones is 2. The lowest BCUT2D eigenvalue weighted by Gasteiger charge is -2.50. The molecule has 21 rings (SSSR count). The highest BCUT2D eigenvalue weighted by Crippen LogP contribution is 2.40. The topological polar surface area (TPSA) is 662 Å². The molecule has 0 aromatic heterocycles. The summed E-state index contributed by atoms with van der Waals surface area (Å²) >= 11 is 6.09. The van der Waals surface area contributed by atoms with E-state index in [0.29, 0.717) is 0 Å². The van der Waals surface area contributed by atoms with Gasteiger partial charge >= 0.3 is 0 Å². The number of carbonyl (C=O) groups is 4. The minimum absolute atomic E-state index is 0.0261. The lowest BCUT2D eigenvalue weighted by Crippen LogP contribution is -2.68. The Morgan fingerprint density at radius 1 is 0.394 bits per heavy atom. The zero-order chi connectivity index (χ0) is 79.7. The van der Waals surface area contributed by atoms with Crippen molar-refractivity contribution >= 4 is 59.5 Å². The van der Waals surface area contributed by atoms with Crippen LogP contribution in [0.5, 0.6) is 0 Å². The standard InChI is InChI=1S/C63H108N4O39S3/c1-23(73)3-8-91-10-11-92-9-4-25(74)13-24(55(89)67-7-12-107)19-108-21-32-53-39(80)46(87)62(98-32)103-51-30(17-71)94-59(42(83)35(51)76)102-50-29(16-70)97-61(45(86)38(50)79)106-54-33(22-109-20-26(65-2)56(90)66-6-5-64)99-63(47(88)40(54)81)104-52-31(18-72)95-58(43(84)36(52)77)100-48-27(14-68)93-57(41(82)34(48)75)101-49-28(15-69)96-60(105-53)44(85)37(49)78/h24,26-54,57-63,65,68-72,75-88,107H,3-22,64H2,1-2H3,(H,66,90)(H,67,89)/t24-,26-,27?,28?,29?,30?,31?,32?,33?,34-,35-,36-,37-,38-,39-,40-,41?,42?,43?,44?,45?,46?,47?,48-,49-,50-,51-,52-,53-,54-,57-,58-,59+,60+,61+,62-,63+/m1/s1. The van der Waals surface area contributed by atoms with Gasteiger partial charge < -0.3 is 194 Å². The fraction of sp³-hybridized carbons (Fsp3) is 0.937. The van der Waals surface area contributed by atoms with Crippen molar-refractivity contribution in [2.24, 2.45) is 11.7 Å². The van der Waals surface area contributed by atoms with Crippen LogP contribution in [-0.2, 0) is 95.0 Å². The number of ether oxygens (including phenoxy) is 16. The van der Waals surface area contributed by atoms with E-state index in [1.54, 1.807) is 0 Å². The molecule has 0 spiro atoms. The van der Waals surface area contributed by atoms with E-state index >= 15 is 0 Å². The van der Waals surface area contributed by atoms with Gasteiger partial charge in [-0.15, -0.1) is 0 Å². The van der Waals surface area contributed by atoms with Crippen LogP contribution in [0.15, 0.2) is 0 Å². The lowest BCUT2D eigenvalue weighted by atomic mass is 9.95. The Kier molecular flexibility index (Phi) is 37.6. The van der Waals surface area contributed by atoms with E-state index in [-0.39, 0.29) is 94.1 Å². The van der Waals surface area contributed by atoms with Crippen LogP contribution in [0, 0.1) is 5.92 Å². The summed E-state index contributed by atoms with van der Waals surface area (Å²) in [7, 11) is 1.49. The lowest BCUT2D eigenvalue weighted by molar-refractivity contribution is -0.395. The Morgan fingerprint density at radius 2 is 0.679 bits per heavy atom. The summed E-state index contributed by atoms with van der Waals surface area (Å²) in [6.45, 7) is -3.37. The number of amides is 2. The van der Waals surface area contributed by atoms with Crippen molar-refractivity contribution in [3.8, 4) is 0 Å². The minimum Gasteiger partial charge on any atom is -0.394 e. The molecule has 21 saturated heterocycles. The predicted molar refractivity (Wildman–Crippen MR) is 365 cm³/mol. The monoisotopic (exact) mass is 1640 g/mol. The maximum Gasteiger partial charge on any atom is 0.238 e. The van der Waals surface area contributed by atoms with E-state index in [9.17, 15) is 116 Å². The Bertz CT molecular complexity index is 2740. The minimum atomic E-state index is -2.29. The third-order valence-corrected chi connectivity index (χ3v) is 22.0. The second-order valence-corrected chi connectivity index (χ2v) is 29.8. The van der Waals surface area contributed by atoms with E-state index in [0.717, 1.165) is 23.5 Å². The number of aliphatic hydroxyl groups excluding tert-OH is 19. The second-order valence-electron chi connectivity index (χ2n) is 27.2. The Hall–Kier alpha value is -2.15. The van der Waals surface area contributed by atoms with Crippen molar-refractivity contribution in [2.75, 3.05) is 115 Å². The highest BCUT2D eigenvalue weighted by Gasteiger charge is 2.60. The molecule has 0 radical (unpaired) electrons. The van der Waals surface area contributed by atoms with Gasteiger partial charge in [0.25, 0.3) is 0 Å². The number of hydrogen-bond donors (Lipinski definition) is 24. The number of rotatable bonds is 31. The van der Waals surface area contributed by atoms with Gasteiger partial charge in [-0.25, -0.2) is 0 Å². The van der Waals surface area contributed by atoms with Crippen LogP contribution in [-0.4, -0.2) is 456 Å². The van der Waals surface area contributed by atoms with Crippen LogP contribution in [0.3, 0.4) is 0 Å². The van der Waals surface area contributed by atoms with E-state index in [1.165, 1.54) is 14.0 Å². The number of thioether (sulfide) groups is 2. The quantitative estimate of drug-likeness (QED) is 0.0226. The number of hydrogen-bond acceptors (Lipinski definition) is 44. The molecular formula is C63H108N4O39S3. The van der Waals surface area contributed by atoms with E-state index < -0.39 is 283 Å². The van der Waals surface area contributed by atoms with Gasteiger partial charge in [-0.2, -0.15) is 36.2 Å². The Morgan fingerprint density at radius 3 is 0.963 bits per heavy atom. The highest BCUT2D eigenvalue weighted by atomic mass is 32.2. The number of Topliss-reactive ketones (excluding diaryl/α,β-unsaturated/α-hetero) is 2. The fourth-order valence-electron chi connectivity index (χ4n) is 13.3. The third-order valence-electron chi connectivity index (χ3n) is 19.5. The molecule has 43 nitrogen and oxygen atoms in total. The number of nitrogens with two attached hydrogens (primary N) is 1. The van der Waals surface area contributed by atoms with Gasteiger partial charge in [0.1, 0.15) is 170 Å². The molecule has 632 valence electrons. The normalized spacial score (nSPS) is 43.0. The summed E-state index contributed by atoms with van der Waals surface area (Å²) in [5.74, 6) is -3.25. The summed E-state index contributed by atoms with van der Waals surface area (Å²) in [6, 6.07) is -0.882. The second kappa shape index (κ2) is 44.4. The molecule has 109 heavy (non-hydrogen) atoms. The molecule has 0 aromatic carbocycles. The van der Waals surface area contributed by atoms with Crippen LogP contribution in [0.4, 0.5) is 0 Å². The summed E-state index contributed by atoms with van der Waals surface area (Å²) in [5, 5.41) is 227. The third kappa shape index (κ3) is 23.4. The molecule has 37 atom stereocenters. The van der Waals surface area contributed by atoms with Gasteiger partial charge in [-0.1, -0.05) is 0 Å². The van der Waals surface area contributed by atoms with Crippen molar-refractivity contribution in [1.29, 1.82) is 0 Å². The first-order chi connectivity index (χ1) is 52.1. The average Bonchev–Trinajstić information content (AvgIpc) is 0.804. The first-order valence-electron chi connectivity index (χ1n) is 35.7. The van der Waals surface area contributed by atoms with Gasteiger partial charge in [-0.05, 0) is 14.0 Å². The molecule has 0 saturated carbocycles. The molecule has 46 heteroatoms. The molecule has 0 aliphatic carbocycles. The Labute approximate surface area is 638 Å².